The van der Waals surface area contributed by atoms with Crippen molar-refractivity contribution >= 4 is 5.91 Å². The Morgan fingerprint density at radius 2 is 0.627 bits per heavy atom. The number of nitrogens with one attached hydrogen (secondary N) is 1. The maximum absolute atomic E-state index is 12.5. The van der Waals surface area contributed by atoms with E-state index < -0.39 is 24.2 Å². The first-order chi connectivity index (χ1) is 25.1. The topological polar surface area (TPSA) is 89.8 Å². The summed E-state index contributed by atoms with van der Waals surface area (Å²) in [4.78, 5) is 12.5. The molecule has 3 unspecified atom stereocenters. The van der Waals surface area contributed by atoms with Crippen molar-refractivity contribution in [1.29, 1.82) is 0 Å². The number of carbonyl (C=O) groups is 1. The summed E-state index contributed by atoms with van der Waals surface area (Å²) in [7, 11) is 0. The van der Waals surface area contributed by atoms with Gasteiger partial charge in [-0.05, 0) is 12.8 Å². The van der Waals surface area contributed by atoms with Gasteiger partial charge < -0.3 is 20.6 Å². The second kappa shape index (κ2) is 42.1. The summed E-state index contributed by atoms with van der Waals surface area (Å²) in [6.45, 7) is 4.26. The lowest BCUT2D eigenvalue weighted by Gasteiger charge is -2.23. The second-order valence-electron chi connectivity index (χ2n) is 16.3. The van der Waals surface area contributed by atoms with Crippen LogP contribution in [-0.4, -0.2) is 46.1 Å². The molecule has 0 fully saturated rings. The Bertz CT molecular complexity index is 674. The van der Waals surface area contributed by atoms with Gasteiger partial charge in [-0.3, -0.25) is 4.79 Å². The minimum atomic E-state index is -1.07. The van der Waals surface area contributed by atoms with Gasteiger partial charge in [-0.1, -0.05) is 251 Å². The molecule has 0 saturated heterocycles. The molecule has 0 radical (unpaired) electrons. The van der Waals surface area contributed by atoms with Crippen LogP contribution in [0.1, 0.15) is 264 Å². The van der Waals surface area contributed by atoms with Crippen LogP contribution in [0.15, 0.2) is 0 Å². The molecule has 306 valence electrons. The van der Waals surface area contributed by atoms with E-state index in [2.05, 4.69) is 19.2 Å². The highest BCUT2D eigenvalue weighted by molar-refractivity contribution is 5.80. The van der Waals surface area contributed by atoms with Gasteiger partial charge in [0.2, 0.25) is 5.91 Å². The molecule has 0 aliphatic carbocycles. The van der Waals surface area contributed by atoms with Crippen molar-refractivity contribution in [3.8, 4) is 0 Å². The first kappa shape index (κ1) is 50.4. The first-order valence-electron chi connectivity index (χ1n) is 23.3. The lowest BCUT2D eigenvalue weighted by molar-refractivity contribution is -0.131. The number of hydrogen-bond acceptors (Lipinski definition) is 4. The van der Waals surface area contributed by atoms with Crippen LogP contribution in [0.3, 0.4) is 0 Å². The summed E-state index contributed by atoms with van der Waals surface area (Å²) in [5.74, 6) is -0.465. The van der Waals surface area contributed by atoms with Crippen molar-refractivity contribution in [2.45, 2.75) is 283 Å². The Hall–Kier alpha value is -0.650. The number of carbonyl (C=O) groups excluding carboxylic acids is 1. The number of aliphatic hydroxyl groups excluding tert-OH is 3. The summed E-state index contributed by atoms with van der Waals surface area (Å²) in [5.41, 5.74) is 0. The second-order valence-corrected chi connectivity index (χ2v) is 16.3. The van der Waals surface area contributed by atoms with E-state index in [1.165, 1.54) is 205 Å². The summed E-state index contributed by atoms with van der Waals surface area (Å²) in [6.07, 6.45) is 48.2. The number of amides is 1. The lowest BCUT2D eigenvalue weighted by Crippen LogP contribution is -2.49. The molecule has 0 aromatic heterocycles. The van der Waals surface area contributed by atoms with Gasteiger partial charge in [-0.2, -0.15) is 0 Å². The van der Waals surface area contributed by atoms with Crippen LogP contribution in [0, 0.1) is 0 Å². The van der Waals surface area contributed by atoms with Crippen molar-refractivity contribution in [2.75, 3.05) is 6.61 Å². The zero-order chi connectivity index (χ0) is 37.3. The molecular weight excluding hydrogens is 631 g/mol. The Morgan fingerprint density at radius 1 is 0.392 bits per heavy atom. The quantitative estimate of drug-likeness (QED) is 0.0472. The molecule has 4 N–H and O–H groups in total. The van der Waals surface area contributed by atoms with Crippen LogP contribution in [0.5, 0.6) is 0 Å². The lowest BCUT2D eigenvalue weighted by atomic mass is 10.0. The van der Waals surface area contributed by atoms with Gasteiger partial charge in [0.1, 0.15) is 6.10 Å². The van der Waals surface area contributed by atoms with Crippen LogP contribution in [-0.2, 0) is 4.79 Å². The third-order valence-corrected chi connectivity index (χ3v) is 11.2. The molecular formula is C46H93NO4. The third-order valence-electron chi connectivity index (χ3n) is 11.2. The van der Waals surface area contributed by atoms with E-state index in [1.807, 2.05) is 0 Å². The Morgan fingerprint density at radius 3 is 0.882 bits per heavy atom. The largest absolute Gasteiger partial charge is 0.394 e. The predicted octanol–water partition coefficient (Wildman–Crippen LogP) is 13.4. The van der Waals surface area contributed by atoms with E-state index in [0.29, 0.717) is 12.8 Å². The maximum Gasteiger partial charge on any atom is 0.249 e. The van der Waals surface area contributed by atoms with Gasteiger partial charge in [0.05, 0.1) is 18.8 Å². The minimum absolute atomic E-state index is 0.308. The first-order valence-corrected chi connectivity index (χ1v) is 23.3. The Labute approximate surface area is 319 Å². The monoisotopic (exact) mass is 724 g/mol. The number of hydrogen-bond donors (Lipinski definition) is 4. The average molecular weight is 724 g/mol. The minimum Gasteiger partial charge on any atom is -0.394 e. The summed E-state index contributed by atoms with van der Waals surface area (Å²) in [6, 6.07) is -0.705. The molecule has 1 amide bonds. The molecule has 3 atom stereocenters. The van der Waals surface area contributed by atoms with Crippen LogP contribution in [0.4, 0.5) is 0 Å². The SMILES string of the molecule is CCCCCCCCCCCCCCCCCCCCCCC(O)C(=O)NC(CO)C(O)CCCCCCCCCCCCCCCCCCC. The predicted molar refractivity (Wildman–Crippen MR) is 222 cm³/mol. The van der Waals surface area contributed by atoms with E-state index in [4.69, 9.17) is 0 Å². The fourth-order valence-electron chi connectivity index (χ4n) is 7.55. The molecule has 5 nitrogen and oxygen atoms in total. The smallest absolute Gasteiger partial charge is 0.249 e. The highest BCUT2D eigenvalue weighted by Crippen LogP contribution is 2.17. The number of rotatable bonds is 43. The zero-order valence-corrected chi connectivity index (χ0v) is 34.8. The normalized spacial score (nSPS) is 13.4. The molecule has 0 aliphatic rings. The van der Waals surface area contributed by atoms with Gasteiger partial charge >= 0.3 is 0 Å². The van der Waals surface area contributed by atoms with E-state index >= 15 is 0 Å². The number of unbranched alkanes of at least 4 members (excludes halogenated alkanes) is 35. The molecule has 0 saturated carbocycles. The maximum atomic E-state index is 12.5. The van der Waals surface area contributed by atoms with Crippen molar-refractivity contribution in [3.05, 3.63) is 0 Å². The molecule has 0 heterocycles. The molecule has 0 aromatic carbocycles. The summed E-state index contributed by atoms with van der Waals surface area (Å²) < 4.78 is 0. The van der Waals surface area contributed by atoms with E-state index in [-0.39, 0.29) is 6.61 Å². The van der Waals surface area contributed by atoms with E-state index in [1.54, 1.807) is 0 Å². The molecule has 0 bridgehead atoms. The molecule has 51 heavy (non-hydrogen) atoms. The van der Waals surface area contributed by atoms with Gasteiger partial charge in [0.25, 0.3) is 0 Å². The summed E-state index contributed by atoms with van der Waals surface area (Å²) >= 11 is 0. The highest BCUT2D eigenvalue weighted by Gasteiger charge is 2.23. The van der Waals surface area contributed by atoms with Gasteiger partial charge in [-0.25, -0.2) is 0 Å². The van der Waals surface area contributed by atoms with E-state index in [9.17, 15) is 20.1 Å². The van der Waals surface area contributed by atoms with Crippen molar-refractivity contribution in [2.24, 2.45) is 0 Å². The van der Waals surface area contributed by atoms with Crippen LogP contribution in [0.2, 0.25) is 0 Å². The van der Waals surface area contributed by atoms with Crippen LogP contribution < -0.4 is 5.32 Å². The number of aliphatic hydroxyl groups is 3. The highest BCUT2D eigenvalue weighted by atomic mass is 16.3. The van der Waals surface area contributed by atoms with E-state index in [0.717, 1.165) is 32.1 Å². The van der Waals surface area contributed by atoms with Crippen LogP contribution >= 0.6 is 0 Å². The summed E-state index contributed by atoms with van der Waals surface area (Å²) in [5, 5.41) is 33.4. The van der Waals surface area contributed by atoms with Crippen LogP contribution in [0.25, 0.3) is 0 Å². The third kappa shape index (κ3) is 37.5. The molecule has 0 spiro atoms. The Balaban J connectivity index is 3.56. The fourth-order valence-corrected chi connectivity index (χ4v) is 7.55. The van der Waals surface area contributed by atoms with Gasteiger partial charge in [-0.15, -0.1) is 0 Å². The average Bonchev–Trinajstić information content (AvgIpc) is 3.13. The zero-order valence-electron chi connectivity index (χ0n) is 34.8. The molecule has 0 aliphatic heterocycles. The molecule has 0 aromatic rings. The Kier molecular flexibility index (Phi) is 41.6. The molecule has 0 rings (SSSR count). The van der Waals surface area contributed by atoms with Gasteiger partial charge in [0.15, 0.2) is 0 Å². The fraction of sp³-hybridized carbons (Fsp3) is 0.978. The molecule has 5 heteroatoms. The van der Waals surface area contributed by atoms with Crippen molar-refractivity contribution in [3.63, 3.8) is 0 Å². The van der Waals surface area contributed by atoms with Gasteiger partial charge in [0, 0.05) is 0 Å². The van der Waals surface area contributed by atoms with Crippen molar-refractivity contribution in [1.82, 2.24) is 5.32 Å². The van der Waals surface area contributed by atoms with Crippen molar-refractivity contribution < 1.29 is 20.1 Å². The standard InChI is InChI=1S/C46H93NO4/c1-3-5-7-9-11-13-15-17-19-21-22-23-25-27-29-31-33-35-37-39-41-45(50)46(51)47-43(42-48)44(49)40-38-36-34-32-30-28-26-24-20-18-16-14-12-10-8-6-4-2/h43-45,48-50H,3-42H2,1-2H3,(H,47,51).